The van der Waals surface area contributed by atoms with Gasteiger partial charge in [-0.05, 0) is 18.2 Å². The lowest BCUT2D eigenvalue weighted by Crippen LogP contribution is -2.27. The van der Waals surface area contributed by atoms with Crippen LogP contribution in [0.1, 0.15) is 10.4 Å². The molecule has 0 amide bonds. The Morgan fingerprint density at radius 2 is 1.55 bits per heavy atom. The van der Waals surface area contributed by atoms with Crippen LogP contribution in [-0.2, 0) is 0 Å². The Morgan fingerprint density at radius 3 is 1.95 bits per heavy atom. The monoisotopic (exact) mass is 328 g/mol. The van der Waals surface area contributed by atoms with E-state index in [4.69, 9.17) is 9.47 Å². The van der Waals surface area contributed by atoms with Crippen LogP contribution in [0.2, 0.25) is 0 Å². The molecule has 0 aromatic heterocycles. The molecule has 0 N–H and O–H groups in total. The standard InChI is InChI=1S/C13H10F6O3/c1-21-7-3-4-10(22-2)8(5-7)9(20)6-11(12(14,15)16)13(17,18)19/h3-6H,1-2H3. The molecule has 22 heavy (non-hydrogen) atoms. The lowest BCUT2D eigenvalue weighted by atomic mass is 10.1. The lowest BCUT2D eigenvalue weighted by Gasteiger charge is -2.15. The number of ketones is 1. The quantitative estimate of drug-likeness (QED) is 0.477. The second-order valence-electron chi connectivity index (χ2n) is 3.98. The number of halogens is 6. The summed E-state index contributed by atoms with van der Waals surface area (Å²) in [6.45, 7) is 0. The van der Waals surface area contributed by atoms with Gasteiger partial charge in [0.25, 0.3) is 0 Å². The summed E-state index contributed by atoms with van der Waals surface area (Å²) >= 11 is 0. The number of ether oxygens (including phenoxy) is 2. The van der Waals surface area contributed by atoms with E-state index in [-0.39, 0.29) is 11.5 Å². The van der Waals surface area contributed by atoms with E-state index >= 15 is 0 Å². The molecule has 122 valence electrons. The van der Waals surface area contributed by atoms with Crippen molar-refractivity contribution >= 4 is 5.78 Å². The van der Waals surface area contributed by atoms with E-state index in [1.54, 1.807) is 0 Å². The second-order valence-corrected chi connectivity index (χ2v) is 3.98. The Hall–Kier alpha value is -2.19. The van der Waals surface area contributed by atoms with E-state index in [2.05, 4.69) is 0 Å². The molecule has 1 aromatic carbocycles. The van der Waals surface area contributed by atoms with Crippen molar-refractivity contribution in [2.75, 3.05) is 14.2 Å². The first kappa shape index (κ1) is 17.9. The predicted molar refractivity (Wildman–Crippen MR) is 64.1 cm³/mol. The first-order valence-electron chi connectivity index (χ1n) is 5.63. The first-order chi connectivity index (χ1) is 10.0. The number of carbonyl (C=O) groups excluding carboxylic acids is 1. The fraction of sp³-hybridized carbons (Fsp3) is 0.308. The minimum atomic E-state index is -5.71. The summed E-state index contributed by atoms with van der Waals surface area (Å²) in [7, 11) is 2.35. The summed E-state index contributed by atoms with van der Waals surface area (Å²) in [5.74, 6) is -1.59. The van der Waals surface area contributed by atoms with Crippen LogP contribution in [0.4, 0.5) is 26.3 Å². The summed E-state index contributed by atoms with van der Waals surface area (Å²) in [6.07, 6.45) is -11.9. The molecule has 1 aromatic rings. The van der Waals surface area contributed by atoms with E-state index in [0.717, 1.165) is 13.2 Å². The molecule has 1 rings (SSSR count). The predicted octanol–water partition coefficient (Wildman–Crippen LogP) is 3.94. The highest BCUT2D eigenvalue weighted by atomic mass is 19.4. The Balaban J connectivity index is 3.38. The van der Waals surface area contributed by atoms with Crippen molar-refractivity contribution in [3.8, 4) is 11.5 Å². The number of hydrogen-bond donors (Lipinski definition) is 0. The lowest BCUT2D eigenvalue weighted by molar-refractivity contribution is -0.171. The number of methoxy groups -OCH3 is 2. The number of carbonyl (C=O) groups is 1. The molecule has 0 spiro atoms. The number of benzene rings is 1. The van der Waals surface area contributed by atoms with Crippen LogP contribution in [0.3, 0.4) is 0 Å². The van der Waals surface area contributed by atoms with Crippen LogP contribution in [0.15, 0.2) is 29.8 Å². The summed E-state index contributed by atoms with van der Waals surface area (Å²) < 4.78 is 84.1. The zero-order chi connectivity index (χ0) is 17.1. The first-order valence-corrected chi connectivity index (χ1v) is 5.63. The zero-order valence-corrected chi connectivity index (χ0v) is 11.3. The van der Waals surface area contributed by atoms with Crippen LogP contribution < -0.4 is 9.47 Å². The van der Waals surface area contributed by atoms with Crippen LogP contribution in [0.25, 0.3) is 0 Å². The van der Waals surface area contributed by atoms with Gasteiger partial charge in [0.05, 0.1) is 19.8 Å². The number of hydrogen-bond acceptors (Lipinski definition) is 3. The van der Waals surface area contributed by atoms with Crippen molar-refractivity contribution in [2.45, 2.75) is 12.4 Å². The van der Waals surface area contributed by atoms with E-state index in [1.807, 2.05) is 0 Å². The molecule has 0 radical (unpaired) electrons. The van der Waals surface area contributed by atoms with Crippen molar-refractivity contribution in [1.82, 2.24) is 0 Å². The zero-order valence-electron chi connectivity index (χ0n) is 11.3. The molecule has 9 heteroatoms. The molecular formula is C13H10F6O3. The number of alkyl halides is 6. The Morgan fingerprint density at radius 1 is 1.00 bits per heavy atom. The van der Waals surface area contributed by atoms with Gasteiger partial charge in [0.15, 0.2) is 5.78 Å². The van der Waals surface area contributed by atoms with Gasteiger partial charge in [-0.1, -0.05) is 0 Å². The van der Waals surface area contributed by atoms with Crippen LogP contribution >= 0.6 is 0 Å². The molecular weight excluding hydrogens is 318 g/mol. The minimum Gasteiger partial charge on any atom is -0.497 e. The van der Waals surface area contributed by atoms with Gasteiger partial charge in [-0.15, -0.1) is 0 Å². The highest BCUT2D eigenvalue weighted by molar-refractivity contribution is 6.07. The third kappa shape index (κ3) is 4.15. The van der Waals surface area contributed by atoms with Crippen LogP contribution in [-0.4, -0.2) is 32.4 Å². The van der Waals surface area contributed by atoms with Crippen LogP contribution in [0, 0.1) is 0 Å². The van der Waals surface area contributed by atoms with Crippen molar-refractivity contribution in [3.05, 3.63) is 35.4 Å². The van der Waals surface area contributed by atoms with Crippen molar-refractivity contribution in [3.63, 3.8) is 0 Å². The molecule has 0 bridgehead atoms. The largest absolute Gasteiger partial charge is 0.497 e. The normalized spacial score (nSPS) is 11.8. The maximum Gasteiger partial charge on any atom is 0.421 e. The topological polar surface area (TPSA) is 35.5 Å². The van der Waals surface area contributed by atoms with E-state index in [0.29, 0.717) is 0 Å². The van der Waals surface area contributed by atoms with Gasteiger partial charge in [0.2, 0.25) is 0 Å². The second kappa shape index (κ2) is 6.29. The molecule has 3 nitrogen and oxygen atoms in total. The van der Waals surface area contributed by atoms with Gasteiger partial charge >= 0.3 is 12.4 Å². The average molecular weight is 328 g/mol. The molecule has 0 saturated heterocycles. The van der Waals surface area contributed by atoms with Gasteiger partial charge in [-0.2, -0.15) is 26.3 Å². The van der Waals surface area contributed by atoms with Crippen molar-refractivity contribution in [2.24, 2.45) is 0 Å². The Labute approximate surface area is 121 Å². The Kier molecular flexibility index (Phi) is 5.10. The van der Waals surface area contributed by atoms with Gasteiger partial charge in [0.1, 0.15) is 17.1 Å². The SMILES string of the molecule is COc1ccc(OC)c(C(=O)C=C(C(F)(F)F)C(F)(F)F)c1. The fourth-order valence-corrected chi connectivity index (χ4v) is 1.54. The smallest absolute Gasteiger partial charge is 0.421 e. The third-order valence-corrected chi connectivity index (χ3v) is 2.56. The average Bonchev–Trinajstić information content (AvgIpc) is 2.41. The highest BCUT2D eigenvalue weighted by Crippen LogP contribution is 2.39. The summed E-state index contributed by atoms with van der Waals surface area (Å²) in [5, 5.41) is 0. The number of rotatable bonds is 4. The van der Waals surface area contributed by atoms with Crippen molar-refractivity contribution < 1.29 is 40.6 Å². The van der Waals surface area contributed by atoms with Gasteiger partial charge in [-0.3, -0.25) is 4.79 Å². The molecule has 0 atom stereocenters. The Bertz CT molecular complexity index is 570. The molecule has 0 fully saturated rings. The van der Waals surface area contributed by atoms with Crippen molar-refractivity contribution in [1.29, 1.82) is 0 Å². The molecule has 0 aliphatic rings. The summed E-state index contributed by atoms with van der Waals surface area (Å²) in [4.78, 5) is 11.8. The number of allylic oxidation sites excluding steroid dienone is 2. The molecule has 0 aliphatic carbocycles. The highest BCUT2D eigenvalue weighted by Gasteiger charge is 2.51. The summed E-state index contributed by atoms with van der Waals surface area (Å²) in [6, 6.07) is 3.52. The summed E-state index contributed by atoms with van der Waals surface area (Å²) in [5.41, 5.74) is -3.37. The molecule has 0 heterocycles. The maximum absolute atomic E-state index is 12.4. The van der Waals surface area contributed by atoms with Gasteiger partial charge in [-0.25, -0.2) is 0 Å². The van der Waals surface area contributed by atoms with Crippen LogP contribution in [0.5, 0.6) is 11.5 Å². The van der Waals surface area contributed by atoms with Gasteiger partial charge < -0.3 is 9.47 Å². The third-order valence-electron chi connectivity index (χ3n) is 2.56. The van der Waals surface area contributed by atoms with E-state index in [1.165, 1.54) is 19.2 Å². The maximum atomic E-state index is 12.4. The minimum absolute atomic E-state index is 0.0816. The van der Waals surface area contributed by atoms with E-state index < -0.39 is 35.3 Å². The molecule has 0 aliphatic heterocycles. The van der Waals surface area contributed by atoms with Gasteiger partial charge in [0, 0.05) is 6.08 Å². The fourth-order valence-electron chi connectivity index (χ4n) is 1.54. The molecule has 0 saturated carbocycles. The molecule has 0 unspecified atom stereocenters. The van der Waals surface area contributed by atoms with E-state index in [9.17, 15) is 31.1 Å².